The second kappa shape index (κ2) is 10.5. The van der Waals surface area contributed by atoms with E-state index >= 15 is 0 Å². The highest BCUT2D eigenvalue weighted by Crippen LogP contribution is 2.18. The van der Waals surface area contributed by atoms with Crippen LogP contribution >= 0.6 is 11.3 Å². The summed E-state index contributed by atoms with van der Waals surface area (Å²) >= 11 is 1.34. The Hall–Kier alpha value is -3.19. The first-order valence-corrected chi connectivity index (χ1v) is 10.6. The summed E-state index contributed by atoms with van der Waals surface area (Å²) in [4.78, 5) is 12.2. The number of hydrogen-bond donors (Lipinski definition) is 1. The number of aromatic nitrogens is 2. The van der Waals surface area contributed by atoms with Crippen molar-refractivity contribution in [2.45, 2.75) is 33.3 Å². The zero-order chi connectivity index (χ0) is 21.3. The minimum Gasteiger partial charge on any atom is -0.493 e. The summed E-state index contributed by atoms with van der Waals surface area (Å²) in [6, 6.07) is 15.5. The van der Waals surface area contributed by atoms with E-state index in [2.05, 4.69) is 15.5 Å². The molecule has 0 aliphatic heterocycles. The molecule has 1 amide bonds. The third-order valence-corrected chi connectivity index (χ3v) is 4.83. The molecule has 1 heterocycles. The average Bonchev–Trinajstić information content (AvgIpc) is 3.13. The Kier molecular flexibility index (Phi) is 7.57. The van der Waals surface area contributed by atoms with Gasteiger partial charge in [-0.15, -0.1) is 10.2 Å². The number of ether oxygens (including phenoxy) is 2. The molecule has 0 unspecified atom stereocenters. The molecule has 6 nitrogen and oxygen atoms in total. The second-order valence-corrected chi connectivity index (χ2v) is 8.04. The Bertz CT molecular complexity index is 1010. The molecule has 7 heteroatoms. The maximum absolute atomic E-state index is 12.2. The van der Waals surface area contributed by atoms with E-state index in [0.29, 0.717) is 18.2 Å². The van der Waals surface area contributed by atoms with Crippen LogP contribution in [0.2, 0.25) is 0 Å². The Labute approximate surface area is 180 Å². The number of rotatable bonds is 9. The molecule has 2 aromatic carbocycles. The van der Waals surface area contributed by atoms with Gasteiger partial charge in [0.2, 0.25) is 11.0 Å². The second-order valence-electron chi connectivity index (χ2n) is 6.98. The fraction of sp³-hybridized carbons (Fsp3) is 0.261. The molecule has 0 bridgehead atoms. The third-order valence-electron chi connectivity index (χ3n) is 3.93. The molecule has 0 saturated carbocycles. The van der Waals surface area contributed by atoms with Gasteiger partial charge in [0, 0.05) is 12.5 Å². The molecule has 0 spiro atoms. The number of nitrogens with one attached hydrogen (secondary N) is 1. The van der Waals surface area contributed by atoms with Crippen molar-refractivity contribution >= 4 is 28.5 Å². The highest BCUT2D eigenvalue weighted by Gasteiger charge is 2.07. The van der Waals surface area contributed by atoms with E-state index in [1.165, 1.54) is 17.4 Å². The number of amides is 1. The van der Waals surface area contributed by atoms with Crippen LogP contribution in [0.5, 0.6) is 11.5 Å². The molecule has 0 saturated heterocycles. The van der Waals surface area contributed by atoms with E-state index in [-0.39, 0.29) is 12.0 Å². The van der Waals surface area contributed by atoms with Gasteiger partial charge in [0.25, 0.3) is 0 Å². The zero-order valence-electron chi connectivity index (χ0n) is 17.3. The number of benzene rings is 2. The van der Waals surface area contributed by atoms with E-state index in [4.69, 9.17) is 9.47 Å². The number of aryl methyl sites for hydroxylation is 1. The van der Waals surface area contributed by atoms with Crippen LogP contribution in [0.3, 0.4) is 0 Å². The van der Waals surface area contributed by atoms with Crippen molar-refractivity contribution in [3.63, 3.8) is 0 Å². The predicted molar refractivity (Wildman–Crippen MR) is 120 cm³/mol. The Balaban J connectivity index is 1.48. The standard InChI is InChI=1S/C23H25N3O3S/c1-16(2)29-20-9-5-7-18(15-20)10-11-21(27)24-23-26-25-22(30-23)12-13-28-19-8-4-6-17(3)14-19/h4-11,14-16H,12-13H2,1-3H3,(H,24,26,27)/b11-10+. The molecular formula is C23H25N3O3S. The fourth-order valence-corrected chi connectivity index (χ4v) is 3.37. The van der Waals surface area contributed by atoms with Gasteiger partial charge < -0.3 is 9.47 Å². The van der Waals surface area contributed by atoms with Gasteiger partial charge >= 0.3 is 0 Å². The monoisotopic (exact) mass is 423 g/mol. The third kappa shape index (κ3) is 7.00. The number of nitrogens with zero attached hydrogens (tertiary/aromatic N) is 2. The molecule has 30 heavy (non-hydrogen) atoms. The van der Waals surface area contributed by atoms with Crippen LogP contribution in [0.1, 0.15) is 30.0 Å². The number of hydrogen-bond acceptors (Lipinski definition) is 6. The maximum atomic E-state index is 12.2. The van der Waals surface area contributed by atoms with Crippen molar-refractivity contribution < 1.29 is 14.3 Å². The summed E-state index contributed by atoms with van der Waals surface area (Å²) in [5.41, 5.74) is 2.04. The molecule has 1 aromatic heterocycles. The first-order valence-electron chi connectivity index (χ1n) is 9.75. The van der Waals surface area contributed by atoms with Crippen molar-refractivity contribution in [3.8, 4) is 11.5 Å². The summed E-state index contributed by atoms with van der Waals surface area (Å²) < 4.78 is 11.4. The smallest absolute Gasteiger partial charge is 0.250 e. The summed E-state index contributed by atoms with van der Waals surface area (Å²) in [5, 5.41) is 12.1. The average molecular weight is 424 g/mol. The Morgan fingerprint density at radius 1 is 1.13 bits per heavy atom. The van der Waals surface area contributed by atoms with Gasteiger partial charge in [0.15, 0.2) is 0 Å². The lowest BCUT2D eigenvalue weighted by molar-refractivity contribution is -0.111. The van der Waals surface area contributed by atoms with Crippen molar-refractivity contribution in [3.05, 3.63) is 70.7 Å². The lowest BCUT2D eigenvalue weighted by atomic mass is 10.2. The van der Waals surface area contributed by atoms with Crippen LogP contribution in [-0.4, -0.2) is 28.8 Å². The van der Waals surface area contributed by atoms with Gasteiger partial charge in [-0.2, -0.15) is 0 Å². The van der Waals surface area contributed by atoms with Gasteiger partial charge in [0.1, 0.15) is 16.5 Å². The van der Waals surface area contributed by atoms with E-state index in [9.17, 15) is 4.79 Å². The quantitative estimate of drug-likeness (QED) is 0.495. The predicted octanol–water partition coefficient (Wildman–Crippen LogP) is 4.91. The molecule has 0 aliphatic rings. The largest absolute Gasteiger partial charge is 0.493 e. The van der Waals surface area contributed by atoms with E-state index in [1.807, 2.05) is 69.3 Å². The molecule has 0 radical (unpaired) electrons. The SMILES string of the molecule is Cc1cccc(OCCc2nnc(NC(=O)/C=C/c3cccc(OC(C)C)c3)s2)c1. The van der Waals surface area contributed by atoms with Crippen molar-refractivity contribution in [1.82, 2.24) is 10.2 Å². The van der Waals surface area contributed by atoms with Gasteiger partial charge in [0.05, 0.1) is 12.7 Å². The van der Waals surface area contributed by atoms with Crippen LogP contribution in [0.15, 0.2) is 54.6 Å². The van der Waals surface area contributed by atoms with E-state index in [0.717, 1.165) is 27.6 Å². The highest BCUT2D eigenvalue weighted by molar-refractivity contribution is 7.15. The van der Waals surface area contributed by atoms with Crippen molar-refractivity contribution in [2.24, 2.45) is 0 Å². The highest BCUT2D eigenvalue weighted by atomic mass is 32.1. The lowest BCUT2D eigenvalue weighted by Gasteiger charge is -2.09. The lowest BCUT2D eigenvalue weighted by Crippen LogP contribution is -2.07. The maximum Gasteiger partial charge on any atom is 0.250 e. The minimum atomic E-state index is -0.260. The van der Waals surface area contributed by atoms with Gasteiger partial charge in [-0.3, -0.25) is 10.1 Å². The first-order chi connectivity index (χ1) is 14.5. The molecule has 1 N–H and O–H groups in total. The van der Waals surface area contributed by atoms with Crippen LogP contribution in [0, 0.1) is 6.92 Å². The number of anilines is 1. The molecule has 0 fully saturated rings. The van der Waals surface area contributed by atoms with Crippen LogP contribution in [0.4, 0.5) is 5.13 Å². The molecule has 0 atom stereocenters. The van der Waals surface area contributed by atoms with Gasteiger partial charge in [-0.05, 0) is 62.2 Å². The van der Waals surface area contributed by atoms with Crippen molar-refractivity contribution in [2.75, 3.05) is 11.9 Å². The summed E-state index contributed by atoms with van der Waals surface area (Å²) in [6.07, 6.45) is 3.93. The van der Waals surface area contributed by atoms with E-state index < -0.39 is 0 Å². The minimum absolute atomic E-state index is 0.0985. The zero-order valence-corrected chi connectivity index (χ0v) is 18.1. The topological polar surface area (TPSA) is 73.3 Å². The molecular weight excluding hydrogens is 398 g/mol. The normalized spacial score (nSPS) is 11.1. The van der Waals surface area contributed by atoms with Gasteiger partial charge in [-0.25, -0.2) is 0 Å². The summed E-state index contributed by atoms with van der Waals surface area (Å²) in [6.45, 7) is 6.47. The Morgan fingerprint density at radius 2 is 1.93 bits per heavy atom. The summed E-state index contributed by atoms with van der Waals surface area (Å²) in [7, 11) is 0. The molecule has 0 aliphatic carbocycles. The Morgan fingerprint density at radius 3 is 2.73 bits per heavy atom. The summed E-state index contributed by atoms with van der Waals surface area (Å²) in [5.74, 6) is 1.35. The van der Waals surface area contributed by atoms with Crippen molar-refractivity contribution in [1.29, 1.82) is 0 Å². The number of carbonyl (C=O) groups is 1. The molecule has 3 rings (SSSR count). The molecule has 3 aromatic rings. The van der Waals surface area contributed by atoms with Gasteiger partial charge in [-0.1, -0.05) is 35.6 Å². The molecule has 156 valence electrons. The fourth-order valence-electron chi connectivity index (χ4n) is 2.65. The van der Waals surface area contributed by atoms with Crippen LogP contribution in [-0.2, 0) is 11.2 Å². The number of carbonyl (C=O) groups excluding carboxylic acids is 1. The van der Waals surface area contributed by atoms with Crippen LogP contribution < -0.4 is 14.8 Å². The van der Waals surface area contributed by atoms with E-state index in [1.54, 1.807) is 6.08 Å². The van der Waals surface area contributed by atoms with Crippen LogP contribution in [0.25, 0.3) is 6.08 Å². The first kappa shape index (κ1) is 21.5.